The summed E-state index contributed by atoms with van der Waals surface area (Å²) in [6.07, 6.45) is 4.24. The maximum atomic E-state index is 10.8. The van der Waals surface area contributed by atoms with Gasteiger partial charge in [-0.2, -0.15) is 0 Å². The lowest BCUT2D eigenvalue weighted by molar-refractivity contribution is -0.383. The van der Waals surface area contributed by atoms with Crippen LogP contribution < -0.4 is 5.73 Å². The van der Waals surface area contributed by atoms with Gasteiger partial charge in [0.05, 0.1) is 4.92 Å². The summed E-state index contributed by atoms with van der Waals surface area (Å²) >= 11 is 0. The number of aromatic nitrogens is 3. The van der Waals surface area contributed by atoms with E-state index < -0.39 is 4.92 Å². The van der Waals surface area contributed by atoms with Gasteiger partial charge >= 0.3 is 5.69 Å². The normalized spacial score (nSPS) is 10.0. The molecule has 0 radical (unpaired) electrons. The Kier molecular flexibility index (Phi) is 2.42. The predicted octanol–water partition coefficient (Wildman–Crippen LogP) is 1.03. The molecule has 0 spiro atoms. The molecule has 80 valence electrons. The summed E-state index contributed by atoms with van der Waals surface area (Å²) < 4.78 is 0. The molecule has 16 heavy (non-hydrogen) atoms. The zero-order valence-electron chi connectivity index (χ0n) is 8.07. The molecule has 2 heterocycles. The Hall–Kier alpha value is -2.57. The first-order chi connectivity index (χ1) is 7.70. The lowest BCUT2D eigenvalue weighted by Crippen LogP contribution is -2.02. The Morgan fingerprint density at radius 3 is 2.81 bits per heavy atom. The molecule has 0 aliphatic carbocycles. The Balaban J connectivity index is 2.66. The average molecular weight is 217 g/mol. The summed E-state index contributed by atoms with van der Waals surface area (Å²) in [6.45, 7) is 0. The van der Waals surface area contributed by atoms with Crippen LogP contribution in [0, 0.1) is 10.1 Å². The Labute approximate surface area is 90.1 Å². The Morgan fingerprint density at radius 1 is 1.38 bits per heavy atom. The zero-order valence-corrected chi connectivity index (χ0v) is 8.07. The number of rotatable bonds is 2. The molecule has 2 N–H and O–H groups in total. The van der Waals surface area contributed by atoms with Gasteiger partial charge in [-0.3, -0.25) is 15.1 Å². The quantitative estimate of drug-likeness (QED) is 0.594. The van der Waals surface area contributed by atoms with Crippen LogP contribution in [0.2, 0.25) is 0 Å². The minimum atomic E-state index is -0.600. The van der Waals surface area contributed by atoms with Gasteiger partial charge in [0, 0.05) is 18.0 Å². The first-order valence-corrected chi connectivity index (χ1v) is 4.35. The van der Waals surface area contributed by atoms with Crippen LogP contribution in [0.3, 0.4) is 0 Å². The topological polar surface area (TPSA) is 108 Å². The minimum Gasteiger partial charge on any atom is -0.378 e. The lowest BCUT2D eigenvalue weighted by atomic mass is 10.2. The number of hydrogen-bond donors (Lipinski definition) is 1. The molecule has 0 aliphatic rings. The van der Waals surface area contributed by atoms with Gasteiger partial charge in [0.2, 0.25) is 5.82 Å². The molecule has 0 bridgehead atoms. The van der Waals surface area contributed by atoms with Crippen molar-refractivity contribution >= 4 is 11.5 Å². The number of hydrogen-bond acceptors (Lipinski definition) is 6. The van der Waals surface area contributed by atoms with E-state index >= 15 is 0 Å². The van der Waals surface area contributed by atoms with Crippen LogP contribution in [-0.2, 0) is 0 Å². The highest BCUT2D eigenvalue weighted by Crippen LogP contribution is 2.30. The molecule has 2 rings (SSSR count). The van der Waals surface area contributed by atoms with E-state index in [4.69, 9.17) is 5.73 Å². The molecular weight excluding hydrogens is 210 g/mol. The SMILES string of the molecule is Nc1ncnc(-c2cccnc2)c1[N+](=O)[O-]. The fraction of sp³-hybridized carbons (Fsp3) is 0. The highest BCUT2D eigenvalue weighted by atomic mass is 16.6. The molecule has 0 saturated carbocycles. The van der Waals surface area contributed by atoms with Crippen molar-refractivity contribution in [2.45, 2.75) is 0 Å². The summed E-state index contributed by atoms with van der Waals surface area (Å²) in [5, 5.41) is 10.8. The molecule has 7 heteroatoms. The maximum Gasteiger partial charge on any atom is 0.337 e. The van der Waals surface area contributed by atoms with E-state index in [1.165, 1.54) is 12.5 Å². The van der Waals surface area contributed by atoms with Crippen molar-refractivity contribution in [2.75, 3.05) is 5.73 Å². The van der Waals surface area contributed by atoms with Gasteiger partial charge in [-0.1, -0.05) is 0 Å². The van der Waals surface area contributed by atoms with E-state index in [-0.39, 0.29) is 17.2 Å². The summed E-state index contributed by atoms with van der Waals surface area (Å²) in [5.41, 5.74) is 5.85. The molecular formula is C9H7N5O2. The van der Waals surface area contributed by atoms with Crippen molar-refractivity contribution < 1.29 is 4.92 Å². The largest absolute Gasteiger partial charge is 0.378 e. The Morgan fingerprint density at radius 2 is 2.19 bits per heavy atom. The number of pyridine rings is 1. The second-order valence-corrected chi connectivity index (χ2v) is 2.95. The van der Waals surface area contributed by atoms with Gasteiger partial charge in [-0.15, -0.1) is 0 Å². The standard InChI is InChI=1S/C9H7N5O2/c10-9-8(14(15)16)7(12-5-13-9)6-2-1-3-11-4-6/h1-5H,(H2,10,12,13). The van der Waals surface area contributed by atoms with Crippen LogP contribution in [0.1, 0.15) is 0 Å². The van der Waals surface area contributed by atoms with Crippen LogP contribution in [0.25, 0.3) is 11.3 Å². The minimum absolute atomic E-state index is 0.154. The van der Waals surface area contributed by atoms with Crippen LogP contribution >= 0.6 is 0 Å². The monoisotopic (exact) mass is 217 g/mol. The van der Waals surface area contributed by atoms with Crippen LogP contribution in [0.15, 0.2) is 30.9 Å². The summed E-state index contributed by atoms with van der Waals surface area (Å²) in [6, 6.07) is 3.33. The highest BCUT2D eigenvalue weighted by Gasteiger charge is 2.21. The molecule has 0 aromatic carbocycles. The first kappa shape index (κ1) is 9.97. The molecule has 2 aromatic rings. The second-order valence-electron chi connectivity index (χ2n) is 2.95. The summed E-state index contributed by atoms with van der Waals surface area (Å²) in [7, 11) is 0. The van der Waals surface area contributed by atoms with Crippen molar-refractivity contribution in [3.05, 3.63) is 41.0 Å². The van der Waals surface area contributed by atoms with E-state index in [1.54, 1.807) is 18.3 Å². The lowest BCUT2D eigenvalue weighted by Gasteiger charge is -2.02. The van der Waals surface area contributed by atoms with Gasteiger partial charge in [0.1, 0.15) is 6.33 Å². The van der Waals surface area contributed by atoms with Crippen molar-refractivity contribution in [3.63, 3.8) is 0 Å². The number of nitro groups is 1. The maximum absolute atomic E-state index is 10.8. The molecule has 0 fully saturated rings. The van der Waals surface area contributed by atoms with Crippen molar-refractivity contribution in [1.29, 1.82) is 0 Å². The predicted molar refractivity (Wildman–Crippen MR) is 56.3 cm³/mol. The van der Waals surface area contributed by atoms with Gasteiger partial charge in [-0.25, -0.2) is 9.97 Å². The zero-order chi connectivity index (χ0) is 11.5. The molecule has 0 unspecified atom stereocenters. The van der Waals surface area contributed by atoms with Gasteiger partial charge in [0.25, 0.3) is 0 Å². The third-order valence-electron chi connectivity index (χ3n) is 1.97. The third kappa shape index (κ3) is 1.65. The van der Waals surface area contributed by atoms with Crippen LogP contribution in [-0.4, -0.2) is 19.9 Å². The Bertz CT molecular complexity index is 529. The van der Waals surface area contributed by atoms with Gasteiger partial charge in [-0.05, 0) is 12.1 Å². The van der Waals surface area contributed by atoms with E-state index in [0.29, 0.717) is 5.56 Å². The smallest absolute Gasteiger partial charge is 0.337 e. The van der Waals surface area contributed by atoms with Crippen LogP contribution in [0.5, 0.6) is 0 Å². The van der Waals surface area contributed by atoms with E-state index in [2.05, 4.69) is 15.0 Å². The highest BCUT2D eigenvalue weighted by molar-refractivity contribution is 5.74. The number of nitrogen functional groups attached to an aromatic ring is 1. The molecule has 0 atom stereocenters. The van der Waals surface area contributed by atoms with Crippen molar-refractivity contribution in [1.82, 2.24) is 15.0 Å². The number of nitrogens with two attached hydrogens (primary N) is 1. The summed E-state index contributed by atoms with van der Waals surface area (Å²) in [4.78, 5) is 21.6. The van der Waals surface area contributed by atoms with Crippen LogP contribution in [0.4, 0.5) is 11.5 Å². The second kappa shape index (κ2) is 3.89. The summed E-state index contributed by atoms with van der Waals surface area (Å²) in [5.74, 6) is -0.154. The molecule has 0 aliphatic heterocycles. The molecule has 2 aromatic heterocycles. The first-order valence-electron chi connectivity index (χ1n) is 4.35. The number of nitrogens with zero attached hydrogens (tertiary/aromatic N) is 4. The fourth-order valence-electron chi connectivity index (χ4n) is 1.29. The van der Waals surface area contributed by atoms with Gasteiger partial charge < -0.3 is 5.73 Å². The van der Waals surface area contributed by atoms with E-state index in [1.807, 2.05) is 0 Å². The average Bonchev–Trinajstić information content (AvgIpc) is 2.29. The van der Waals surface area contributed by atoms with Crippen molar-refractivity contribution in [3.8, 4) is 11.3 Å². The van der Waals surface area contributed by atoms with E-state index in [0.717, 1.165) is 0 Å². The fourth-order valence-corrected chi connectivity index (χ4v) is 1.29. The number of anilines is 1. The molecule has 0 saturated heterocycles. The molecule has 7 nitrogen and oxygen atoms in total. The van der Waals surface area contributed by atoms with Crippen molar-refractivity contribution in [2.24, 2.45) is 0 Å². The third-order valence-corrected chi connectivity index (χ3v) is 1.97. The molecule has 0 amide bonds. The van der Waals surface area contributed by atoms with E-state index in [9.17, 15) is 10.1 Å². The van der Waals surface area contributed by atoms with Gasteiger partial charge in [0.15, 0.2) is 5.69 Å².